The van der Waals surface area contributed by atoms with E-state index in [0.717, 1.165) is 44.8 Å². The van der Waals surface area contributed by atoms with Gasteiger partial charge in [0.05, 0.1) is 0 Å². The molecule has 118 valence electrons. The summed E-state index contributed by atoms with van der Waals surface area (Å²) in [6, 6.07) is 19.2. The van der Waals surface area contributed by atoms with Gasteiger partial charge < -0.3 is 9.64 Å². The second-order valence-corrected chi connectivity index (χ2v) is 5.50. The van der Waals surface area contributed by atoms with Crippen LogP contribution in [0.15, 0.2) is 54.6 Å². The Morgan fingerprint density at radius 1 is 0.773 bits per heavy atom. The third-order valence-electron chi connectivity index (χ3n) is 4.04. The average molecular weight is 297 g/mol. The molecule has 0 aliphatic rings. The molecule has 0 unspecified atom stereocenters. The first-order valence-corrected chi connectivity index (χ1v) is 8.29. The molecule has 0 saturated heterocycles. The number of aryl methyl sites for hydroxylation is 2. The summed E-state index contributed by atoms with van der Waals surface area (Å²) >= 11 is 0. The maximum absolute atomic E-state index is 5.82. The average Bonchev–Trinajstić information content (AvgIpc) is 2.59. The molecule has 2 nitrogen and oxygen atoms in total. The zero-order valence-electron chi connectivity index (χ0n) is 13.8. The topological polar surface area (TPSA) is 12.5 Å². The lowest BCUT2D eigenvalue weighted by Crippen LogP contribution is -2.27. The molecule has 2 heteroatoms. The van der Waals surface area contributed by atoms with E-state index in [9.17, 15) is 0 Å². The molecular weight excluding hydrogens is 270 g/mol. The zero-order chi connectivity index (χ0) is 15.6. The molecule has 0 spiro atoms. The van der Waals surface area contributed by atoms with Crippen molar-refractivity contribution in [1.29, 1.82) is 0 Å². The van der Waals surface area contributed by atoms with Gasteiger partial charge in [0.2, 0.25) is 0 Å². The molecule has 0 aliphatic heterocycles. The number of hydrogen-bond donors (Lipinski definition) is 0. The fourth-order valence-corrected chi connectivity index (χ4v) is 2.52. The smallest absolute Gasteiger partial charge is 0.119 e. The molecule has 0 fully saturated rings. The van der Waals surface area contributed by atoms with Gasteiger partial charge in [-0.3, -0.25) is 0 Å². The molecule has 0 bridgehead atoms. The van der Waals surface area contributed by atoms with E-state index in [4.69, 9.17) is 4.74 Å². The van der Waals surface area contributed by atoms with Gasteiger partial charge in [-0.1, -0.05) is 56.3 Å². The van der Waals surface area contributed by atoms with Crippen LogP contribution in [0.4, 0.5) is 0 Å². The van der Waals surface area contributed by atoms with Crippen LogP contribution in [0.25, 0.3) is 0 Å². The minimum atomic E-state index is 0.755. The predicted octanol–water partition coefficient (Wildman–Crippen LogP) is 4.19. The van der Waals surface area contributed by atoms with Crippen molar-refractivity contribution in [3.8, 4) is 5.75 Å². The zero-order valence-corrected chi connectivity index (χ0v) is 13.8. The van der Waals surface area contributed by atoms with Crippen molar-refractivity contribution >= 4 is 0 Å². The lowest BCUT2D eigenvalue weighted by atomic mass is 10.0. The van der Waals surface area contributed by atoms with Crippen LogP contribution in [0.1, 0.15) is 25.0 Å². The summed E-state index contributed by atoms with van der Waals surface area (Å²) in [7, 11) is 0. The Hall–Kier alpha value is -1.80. The van der Waals surface area contributed by atoms with Crippen LogP contribution in [0.3, 0.4) is 0 Å². The van der Waals surface area contributed by atoms with E-state index in [0.29, 0.717) is 0 Å². The highest BCUT2D eigenvalue weighted by Crippen LogP contribution is 2.14. The van der Waals surface area contributed by atoms with E-state index in [-0.39, 0.29) is 0 Å². The predicted molar refractivity (Wildman–Crippen MR) is 93.6 cm³/mol. The molecule has 0 amide bonds. The number of nitrogens with zero attached hydrogens (tertiary/aromatic N) is 1. The monoisotopic (exact) mass is 297 g/mol. The van der Waals surface area contributed by atoms with E-state index in [1.807, 2.05) is 0 Å². The van der Waals surface area contributed by atoms with Gasteiger partial charge >= 0.3 is 0 Å². The van der Waals surface area contributed by atoms with Crippen molar-refractivity contribution in [3.05, 3.63) is 65.7 Å². The number of likely N-dealkylation sites (N-methyl/N-ethyl adjacent to an activating group) is 1. The molecule has 0 heterocycles. The Labute approximate surface area is 134 Å². The first-order chi connectivity index (χ1) is 10.8. The minimum Gasteiger partial charge on any atom is -0.492 e. The summed E-state index contributed by atoms with van der Waals surface area (Å²) in [4.78, 5) is 2.37. The standard InChI is InChI=1S/C20H27NO/c1-3-21(4-2)16-17-22-20-14-12-19(13-15-20)11-10-18-8-6-5-7-9-18/h5-9,12-15H,3-4,10-11,16-17H2,1-2H3. The van der Waals surface area contributed by atoms with Crippen LogP contribution >= 0.6 is 0 Å². The normalized spacial score (nSPS) is 10.9. The molecule has 2 aromatic rings. The van der Waals surface area contributed by atoms with E-state index in [2.05, 4.69) is 73.3 Å². The summed E-state index contributed by atoms with van der Waals surface area (Å²) in [6.45, 7) is 8.28. The van der Waals surface area contributed by atoms with Crippen molar-refractivity contribution in [3.63, 3.8) is 0 Å². The number of ether oxygens (including phenoxy) is 1. The van der Waals surface area contributed by atoms with Gasteiger partial charge in [-0.25, -0.2) is 0 Å². The van der Waals surface area contributed by atoms with Gasteiger partial charge in [0, 0.05) is 6.54 Å². The summed E-state index contributed by atoms with van der Waals surface area (Å²) in [5, 5.41) is 0. The highest BCUT2D eigenvalue weighted by molar-refractivity contribution is 5.28. The van der Waals surface area contributed by atoms with Crippen LogP contribution in [0.2, 0.25) is 0 Å². The van der Waals surface area contributed by atoms with Crippen molar-refractivity contribution in [2.24, 2.45) is 0 Å². The molecule has 2 aromatic carbocycles. The molecule has 0 N–H and O–H groups in total. The molecule has 22 heavy (non-hydrogen) atoms. The molecular formula is C20H27NO. The third kappa shape index (κ3) is 5.53. The van der Waals surface area contributed by atoms with Crippen LogP contribution in [0, 0.1) is 0 Å². The Balaban J connectivity index is 1.75. The number of rotatable bonds is 9. The SMILES string of the molecule is CCN(CC)CCOc1ccc(CCc2ccccc2)cc1. The van der Waals surface area contributed by atoms with Crippen LogP contribution in [0.5, 0.6) is 5.75 Å². The molecule has 0 aliphatic carbocycles. The van der Waals surface area contributed by atoms with E-state index >= 15 is 0 Å². The van der Waals surface area contributed by atoms with Gasteiger partial charge in [-0.15, -0.1) is 0 Å². The Morgan fingerprint density at radius 2 is 1.36 bits per heavy atom. The molecule has 0 atom stereocenters. The quantitative estimate of drug-likeness (QED) is 0.688. The lowest BCUT2D eigenvalue weighted by molar-refractivity contribution is 0.223. The van der Waals surface area contributed by atoms with Crippen molar-refractivity contribution in [2.75, 3.05) is 26.2 Å². The van der Waals surface area contributed by atoms with Gasteiger partial charge in [0.1, 0.15) is 12.4 Å². The lowest BCUT2D eigenvalue weighted by Gasteiger charge is -2.18. The van der Waals surface area contributed by atoms with Crippen molar-refractivity contribution in [1.82, 2.24) is 4.90 Å². The van der Waals surface area contributed by atoms with E-state index in [1.54, 1.807) is 0 Å². The first kappa shape index (κ1) is 16.6. The summed E-state index contributed by atoms with van der Waals surface area (Å²) in [5.74, 6) is 0.968. The van der Waals surface area contributed by atoms with E-state index in [1.165, 1.54) is 11.1 Å². The van der Waals surface area contributed by atoms with Crippen LogP contribution < -0.4 is 4.74 Å². The first-order valence-electron chi connectivity index (χ1n) is 8.29. The molecule has 2 rings (SSSR count). The third-order valence-corrected chi connectivity index (χ3v) is 4.04. The van der Waals surface area contributed by atoms with Gasteiger partial charge in [0.25, 0.3) is 0 Å². The van der Waals surface area contributed by atoms with Crippen molar-refractivity contribution < 1.29 is 4.74 Å². The summed E-state index contributed by atoms with van der Waals surface area (Å²) in [5.41, 5.74) is 2.75. The van der Waals surface area contributed by atoms with Gasteiger partial charge in [-0.05, 0) is 49.2 Å². The fourth-order valence-electron chi connectivity index (χ4n) is 2.52. The number of hydrogen-bond acceptors (Lipinski definition) is 2. The molecule has 0 aromatic heterocycles. The van der Waals surface area contributed by atoms with Crippen LogP contribution in [-0.2, 0) is 12.8 Å². The van der Waals surface area contributed by atoms with Crippen LogP contribution in [-0.4, -0.2) is 31.1 Å². The van der Waals surface area contributed by atoms with Gasteiger partial charge in [-0.2, -0.15) is 0 Å². The highest BCUT2D eigenvalue weighted by atomic mass is 16.5. The highest BCUT2D eigenvalue weighted by Gasteiger charge is 2.00. The molecule has 0 saturated carbocycles. The number of benzene rings is 2. The minimum absolute atomic E-state index is 0.755. The van der Waals surface area contributed by atoms with Crippen molar-refractivity contribution in [2.45, 2.75) is 26.7 Å². The van der Waals surface area contributed by atoms with Gasteiger partial charge in [0.15, 0.2) is 0 Å². The second-order valence-electron chi connectivity index (χ2n) is 5.50. The summed E-state index contributed by atoms with van der Waals surface area (Å²) < 4.78 is 5.82. The maximum atomic E-state index is 5.82. The maximum Gasteiger partial charge on any atom is 0.119 e. The summed E-state index contributed by atoms with van der Waals surface area (Å²) in [6.07, 6.45) is 2.16. The van der Waals surface area contributed by atoms with E-state index < -0.39 is 0 Å². The Bertz CT molecular complexity index is 517. The Kier molecular flexibility index (Phi) is 6.98. The Morgan fingerprint density at radius 3 is 1.95 bits per heavy atom. The fraction of sp³-hybridized carbons (Fsp3) is 0.400. The second kappa shape index (κ2) is 9.26. The molecule has 0 radical (unpaired) electrons. The largest absolute Gasteiger partial charge is 0.492 e.